The number of amides is 2. The third kappa shape index (κ3) is 4.65. The van der Waals surface area contributed by atoms with E-state index in [0.717, 1.165) is 6.07 Å². The van der Waals surface area contributed by atoms with E-state index in [9.17, 15) is 22.8 Å². The van der Waals surface area contributed by atoms with Gasteiger partial charge in [0.05, 0.1) is 30.1 Å². The number of rotatable bonds is 4. The number of halogens is 3. The predicted octanol–water partition coefficient (Wildman–Crippen LogP) is 4.05. The molecule has 162 valence electrons. The quantitative estimate of drug-likeness (QED) is 0.671. The summed E-state index contributed by atoms with van der Waals surface area (Å²) in [5, 5.41) is 6.77. The van der Waals surface area contributed by atoms with Gasteiger partial charge in [0.15, 0.2) is 5.82 Å². The van der Waals surface area contributed by atoms with Crippen LogP contribution in [0.2, 0.25) is 0 Å². The van der Waals surface area contributed by atoms with Crippen molar-refractivity contribution in [2.75, 3.05) is 24.4 Å². The first-order chi connectivity index (χ1) is 14.6. The first-order valence-electron chi connectivity index (χ1n) is 8.93. The van der Waals surface area contributed by atoms with Gasteiger partial charge in [-0.15, -0.1) is 0 Å². The standard InChI is InChI=1S/C20H18F3N5O3/c1-12-16(11-25-28(12)17-9-4-13(10-24-17)20(21,22)23)18(29)26-14-5-7-15(8-6-14)27(2)19(30)31-3/h4-11H,1-3H3,(H,26,29). The number of nitrogens with one attached hydrogen (secondary N) is 1. The molecule has 3 rings (SSSR count). The zero-order valence-corrected chi connectivity index (χ0v) is 16.8. The summed E-state index contributed by atoms with van der Waals surface area (Å²) < 4.78 is 44.0. The molecule has 0 atom stereocenters. The zero-order chi connectivity index (χ0) is 22.8. The fourth-order valence-corrected chi connectivity index (χ4v) is 2.75. The van der Waals surface area contributed by atoms with Gasteiger partial charge in [-0.25, -0.2) is 14.5 Å². The average Bonchev–Trinajstić information content (AvgIpc) is 3.14. The highest BCUT2D eigenvalue weighted by Crippen LogP contribution is 2.29. The van der Waals surface area contributed by atoms with E-state index in [1.54, 1.807) is 38.2 Å². The fraction of sp³-hybridized carbons (Fsp3) is 0.200. The van der Waals surface area contributed by atoms with Crippen molar-refractivity contribution >= 4 is 23.4 Å². The Hall–Kier alpha value is -3.89. The van der Waals surface area contributed by atoms with Gasteiger partial charge in [0.25, 0.3) is 5.91 Å². The summed E-state index contributed by atoms with van der Waals surface area (Å²) in [4.78, 5) is 29.3. The van der Waals surface area contributed by atoms with Gasteiger partial charge in [0.2, 0.25) is 0 Å². The maximum atomic E-state index is 12.7. The lowest BCUT2D eigenvalue weighted by Gasteiger charge is -2.16. The summed E-state index contributed by atoms with van der Waals surface area (Å²) in [5.41, 5.74) is 0.818. The van der Waals surface area contributed by atoms with E-state index in [1.165, 1.54) is 29.0 Å². The van der Waals surface area contributed by atoms with Crippen LogP contribution in [0.3, 0.4) is 0 Å². The number of aromatic nitrogens is 3. The molecule has 0 radical (unpaired) electrons. The lowest BCUT2D eigenvalue weighted by Crippen LogP contribution is -2.25. The molecular weight excluding hydrogens is 415 g/mol. The van der Waals surface area contributed by atoms with Gasteiger partial charge in [0.1, 0.15) is 0 Å². The van der Waals surface area contributed by atoms with E-state index in [-0.39, 0.29) is 11.4 Å². The molecule has 0 fully saturated rings. The summed E-state index contributed by atoms with van der Waals surface area (Å²) in [6.45, 7) is 1.61. The van der Waals surface area contributed by atoms with Crippen molar-refractivity contribution in [3.05, 3.63) is 65.6 Å². The molecule has 0 unspecified atom stereocenters. The lowest BCUT2D eigenvalue weighted by atomic mass is 10.2. The van der Waals surface area contributed by atoms with E-state index >= 15 is 0 Å². The van der Waals surface area contributed by atoms with Gasteiger partial charge in [0, 0.05) is 24.6 Å². The van der Waals surface area contributed by atoms with Crippen LogP contribution in [0.15, 0.2) is 48.8 Å². The molecular formula is C20H18F3N5O3. The van der Waals surface area contributed by atoms with Crippen molar-refractivity contribution in [2.45, 2.75) is 13.1 Å². The van der Waals surface area contributed by atoms with Crippen molar-refractivity contribution in [3.63, 3.8) is 0 Å². The Morgan fingerprint density at radius 3 is 2.32 bits per heavy atom. The van der Waals surface area contributed by atoms with E-state index in [2.05, 4.69) is 20.1 Å². The first-order valence-corrected chi connectivity index (χ1v) is 8.93. The van der Waals surface area contributed by atoms with Crippen LogP contribution in [0, 0.1) is 6.92 Å². The molecule has 0 spiro atoms. The topological polar surface area (TPSA) is 89.4 Å². The Bertz CT molecular complexity index is 1090. The minimum atomic E-state index is -4.49. The minimum Gasteiger partial charge on any atom is -0.452 e. The minimum absolute atomic E-state index is 0.153. The van der Waals surface area contributed by atoms with Gasteiger partial charge in [-0.2, -0.15) is 18.3 Å². The van der Waals surface area contributed by atoms with E-state index in [1.807, 2.05) is 0 Å². The first kappa shape index (κ1) is 21.8. The molecule has 1 N–H and O–H groups in total. The third-order valence-corrected chi connectivity index (χ3v) is 4.51. The van der Waals surface area contributed by atoms with Gasteiger partial charge < -0.3 is 10.1 Å². The lowest BCUT2D eigenvalue weighted by molar-refractivity contribution is -0.137. The number of alkyl halides is 3. The van der Waals surface area contributed by atoms with Crippen LogP contribution in [0.4, 0.5) is 29.3 Å². The van der Waals surface area contributed by atoms with Crippen molar-refractivity contribution in [1.29, 1.82) is 0 Å². The molecule has 0 saturated carbocycles. The van der Waals surface area contributed by atoms with Crippen LogP contribution >= 0.6 is 0 Å². The second-order valence-corrected chi connectivity index (χ2v) is 6.49. The van der Waals surface area contributed by atoms with Gasteiger partial charge in [-0.3, -0.25) is 9.69 Å². The number of carbonyl (C=O) groups excluding carboxylic acids is 2. The molecule has 2 amide bonds. The monoisotopic (exact) mass is 433 g/mol. The smallest absolute Gasteiger partial charge is 0.417 e. The fourth-order valence-electron chi connectivity index (χ4n) is 2.75. The highest BCUT2D eigenvalue weighted by atomic mass is 19.4. The van der Waals surface area contributed by atoms with E-state index < -0.39 is 23.7 Å². The molecule has 11 heteroatoms. The van der Waals surface area contributed by atoms with Crippen molar-refractivity contribution in [3.8, 4) is 5.82 Å². The zero-order valence-electron chi connectivity index (χ0n) is 16.8. The Morgan fingerprint density at radius 1 is 1.10 bits per heavy atom. The molecule has 0 bridgehead atoms. The summed E-state index contributed by atoms with van der Waals surface area (Å²) >= 11 is 0. The molecule has 3 aromatic rings. The van der Waals surface area contributed by atoms with E-state index in [4.69, 9.17) is 0 Å². The highest BCUT2D eigenvalue weighted by molar-refractivity contribution is 6.05. The highest BCUT2D eigenvalue weighted by Gasteiger charge is 2.30. The van der Waals surface area contributed by atoms with Gasteiger partial charge in [-0.1, -0.05) is 0 Å². The summed E-state index contributed by atoms with van der Waals surface area (Å²) in [6, 6.07) is 8.58. The summed E-state index contributed by atoms with van der Waals surface area (Å²) in [7, 11) is 2.82. The van der Waals surface area contributed by atoms with Crippen molar-refractivity contribution in [2.24, 2.45) is 0 Å². The van der Waals surface area contributed by atoms with Crippen LogP contribution < -0.4 is 10.2 Å². The van der Waals surface area contributed by atoms with Crippen LogP contribution in [0.25, 0.3) is 5.82 Å². The normalized spacial score (nSPS) is 11.2. The second-order valence-electron chi connectivity index (χ2n) is 6.49. The molecule has 1 aromatic carbocycles. The maximum Gasteiger partial charge on any atom is 0.417 e. The molecule has 8 nitrogen and oxygen atoms in total. The molecule has 2 aromatic heterocycles. The van der Waals surface area contributed by atoms with Crippen LogP contribution in [0.1, 0.15) is 21.6 Å². The maximum absolute atomic E-state index is 12.7. The predicted molar refractivity (Wildman–Crippen MR) is 106 cm³/mol. The van der Waals surface area contributed by atoms with Gasteiger partial charge in [-0.05, 0) is 43.3 Å². The largest absolute Gasteiger partial charge is 0.452 e. The molecule has 31 heavy (non-hydrogen) atoms. The summed E-state index contributed by atoms with van der Waals surface area (Å²) in [5.74, 6) is -0.301. The number of anilines is 2. The number of hydrogen-bond donors (Lipinski definition) is 1. The molecule has 0 aliphatic rings. The molecule has 0 saturated heterocycles. The van der Waals surface area contributed by atoms with Crippen LogP contribution in [-0.2, 0) is 10.9 Å². The molecule has 0 aliphatic heterocycles. The average molecular weight is 433 g/mol. The van der Waals surface area contributed by atoms with Crippen LogP contribution in [0.5, 0.6) is 0 Å². The number of nitrogens with zero attached hydrogens (tertiary/aromatic N) is 4. The number of methoxy groups -OCH3 is 1. The molecule has 2 heterocycles. The second kappa shape index (κ2) is 8.46. The number of benzene rings is 1. The Kier molecular flexibility index (Phi) is 5.95. The van der Waals surface area contributed by atoms with Crippen LogP contribution in [-0.4, -0.2) is 40.9 Å². The summed E-state index contributed by atoms with van der Waals surface area (Å²) in [6.07, 6.45) is -3.00. The van der Waals surface area contributed by atoms with Gasteiger partial charge >= 0.3 is 12.3 Å². The Balaban J connectivity index is 1.75. The molecule has 0 aliphatic carbocycles. The Labute approximate surface area is 175 Å². The number of pyridine rings is 1. The van der Waals surface area contributed by atoms with E-state index in [0.29, 0.717) is 23.3 Å². The van der Waals surface area contributed by atoms with Crippen molar-refractivity contribution in [1.82, 2.24) is 14.8 Å². The third-order valence-electron chi connectivity index (χ3n) is 4.51. The number of ether oxygens (including phenoxy) is 1. The van der Waals surface area contributed by atoms with Crippen molar-refractivity contribution < 1.29 is 27.5 Å². The number of hydrogen-bond acceptors (Lipinski definition) is 5. The SMILES string of the molecule is COC(=O)N(C)c1ccc(NC(=O)c2cnn(-c3ccc(C(F)(F)F)cn3)c2C)cc1. The number of carbonyl (C=O) groups is 2. The Morgan fingerprint density at radius 2 is 1.77 bits per heavy atom.